The standard InChI is InChI=1S/CH3NO5S/c1-7-8(5,6)2(3)4/h1H3. The van der Waals surface area contributed by atoms with Gasteiger partial charge in [0.15, 0.2) is 4.33 Å². The largest absolute Gasteiger partial charge is 0.566 e. The summed E-state index contributed by atoms with van der Waals surface area (Å²) in [7, 11) is -3.79. The highest BCUT2D eigenvalue weighted by atomic mass is 32.2. The first-order chi connectivity index (χ1) is 3.50. The Bertz CT molecular complexity index is 179. The third-order valence-electron chi connectivity index (χ3n) is 0.393. The summed E-state index contributed by atoms with van der Waals surface area (Å²) in [5, 5.41) is 9.34. The van der Waals surface area contributed by atoms with Crippen LogP contribution in [0.15, 0.2) is 0 Å². The van der Waals surface area contributed by atoms with Crippen LogP contribution in [0.1, 0.15) is 0 Å². The van der Waals surface area contributed by atoms with Crippen molar-refractivity contribution < 1.29 is 16.9 Å². The van der Waals surface area contributed by atoms with Crippen molar-refractivity contribution in [1.82, 2.24) is 0 Å². The lowest BCUT2D eigenvalue weighted by Gasteiger charge is -1.84. The van der Waals surface area contributed by atoms with Crippen LogP contribution in [0, 0.1) is 10.1 Å². The van der Waals surface area contributed by atoms with Crippen molar-refractivity contribution in [2.24, 2.45) is 0 Å². The van der Waals surface area contributed by atoms with E-state index in [4.69, 9.17) is 0 Å². The molecule has 0 amide bonds. The predicted molar refractivity (Wildman–Crippen MR) is 22.9 cm³/mol. The fourth-order valence-corrected chi connectivity index (χ4v) is 0.183. The molecular weight excluding hydrogens is 138 g/mol. The molecule has 0 aliphatic rings. The highest BCUT2D eigenvalue weighted by Gasteiger charge is 2.21. The Balaban J connectivity index is 4.42. The van der Waals surface area contributed by atoms with Gasteiger partial charge in [-0.25, -0.2) is 14.3 Å². The van der Waals surface area contributed by atoms with Crippen LogP contribution >= 0.6 is 0 Å². The lowest BCUT2D eigenvalue weighted by atomic mass is 11.8. The van der Waals surface area contributed by atoms with E-state index in [0.717, 1.165) is 7.11 Å². The third-order valence-corrected chi connectivity index (χ3v) is 1.18. The van der Waals surface area contributed by atoms with Crippen LogP contribution in [0.4, 0.5) is 0 Å². The Labute approximate surface area is 45.5 Å². The molecular formula is CH3NO5S. The topological polar surface area (TPSA) is 86.5 Å². The molecule has 0 aliphatic heterocycles. The minimum Gasteiger partial charge on any atom is -0.245 e. The summed E-state index contributed by atoms with van der Waals surface area (Å²) in [5.74, 6) is 0. The molecule has 0 heterocycles. The molecule has 0 aliphatic carbocycles. The summed E-state index contributed by atoms with van der Waals surface area (Å²) in [6, 6.07) is 0. The molecule has 0 aromatic rings. The lowest BCUT2D eigenvalue weighted by Crippen LogP contribution is -2.13. The molecule has 0 rings (SSSR count). The van der Waals surface area contributed by atoms with Gasteiger partial charge < -0.3 is 0 Å². The van der Waals surface area contributed by atoms with E-state index in [1.165, 1.54) is 0 Å². The fraction of sp³-hybridized carbons (Fsp3) is 1.00. The summed E-state index contributed by atoms with van der Waals surface area (Å²) in [4.78, 5) is 9.34. The van der Waals surface area contributed by atoms with E-state index in [1.807, 2.05) is 0 Å². The second-order valence-electron chi connectivity index (χ2n) is 0.818. The zero-order valence-corrected chi connectivity index (χ0v) is 4.71. The second kappa shape index (κ2) is 2.05. The van der Waals surface area contributed by atoms with Crippen molar-refractivity contribution in [3.05, 3.63) is 10.1 Å². The van der Waals surface area contributed by atoms with E-state index in [2.05, 4.69) is 4.18 Å². The first-order valence-electron chi connectivity index (χ1n) is 1.46. The van der Waals surface area contributed by atoms with Crippen molar-refractivity contribution in [3.63, 3.8) is 0 Å². The Morgan fingerprint density at radius 3 is 2.00 bits per heavy atom. The molecule has 8 heavy (non-hydrogen) atoms. The molecule has 0 bridgehead atoms. The van der Waals surface area contributed by atoms with Gasteiger partial charge in [-0.05, 0) is 0 Å². The Kier molecular flexibility index (Phi) is 1.88. The molecule has 0 atom stereocenters. The van der Waals surface area contributed by atoms with Crippen molar-refractivity contribution in [2.75, 3.05) is 7.11 Å². The molecule has 0 spiro atoms. The minimum atomic E-state index is -4.51. The number of hydrogen-bond acceptors (Lipinski definition) is 5. The van der Waals surface area contributed by atoms with Gasteiger partial charge in [0.1, 0.15) is 0 Å². The molecule has 0 unspecified atom stereocenters. The Morgan fingerprint density at radius 2 is 2.00 bits per heavy atom. The maximum Gasteiger partial charge on any atom is 0.566 e. The van der Waals surface area contributed by atoms with E-state index in [1.54, 1.807) is 0 Å². The predicted octanol–water partition coefficient (Wildman–Crippen LogP) is -0.846. The summed E-state index contributed by atoms with van der Waals surface area (Å²) in [5.41, 5.74) is 0. The van der Waals surface area contributed by atoms with Crippen LogP contribution in [0.25, 0.3) is 0 Å². The number of rotatable bonds is 2. The molecule has 0 saturated carbocycles. The highest BCUT2D eigenvalue weighted by molar-refractivity contribution is 7.80. The van der Waals surface area contributed by atoms with Crippen LogP contribution < -0.4 is 0 Å². The van der Waals surface area contributed by atoms with Crippen molar-refractivity contribution in [1.29, 1.82) is 0 Å². The lowest BCUT2D eigenvalue weighted by molar-refractivity contribution is -0.317. The van der Waals surface area contributed by atoms with Gasteiger partial charge in [0.05, 0.1) is 7.11 Å². The fourth-order valence-electron chi connectivity index (χ4n) is 0.0609. The summed E-state index contributed by atoms with van der Waals surface area (Å²) in [6.45, 7) is 0. The van der Waals surface area contributed by atoms with Crippen molar-refractivity contribution >= 4 is 10.3 Å². The molecule has 0 radical (unpaired) electrons. The van der Waals surface area contributed by atoms with E-state index in [-0.39, 0.29) is 0 Å². The molecule has 6 nitrogen and oxygen atoms in total. The van der Waals surface area contributed by atoms with Gasteiger partial charge in [-0.1, -0.05) is 0 Å². The molecule has 7 heteroatoms. The molecule has 0 aromatic heterocycles. The smallest absolute Gasteiger partial charge is 0.245 e. The van der Waals surface area contributed by atoms with Gasteiger partial charge in [0.25, 0.3) is 0 Å². The van der Waals surface area contributed by atoms with Crippen LogP contribution in [0.3, 0.4) is 0 Å². The van der Waals surface area contributed by atoms with Gasteiger partial charge in [0, 0.05) is 0 Å². The average molecular weight is 141 g/mol. The van der Waals surface area contributed by atoms with Gasteiger partial charge in [-0.3, -0.25) is 0 Å². The first kappa shape index (κ1) is 7.31. The quantitative estimate of drug-likeness (QED) is 0.369. The minimum absolute atomic E-state index is 0.720. The molecule has 48 valence electrons. The van der Waals surface area contributed by atoms with E-state index < -0.39 is 14.6 Å². The van der Waals surface area contributed by atoms with Crippen LogP contribution in [-0.2, 0) is 14.5 Å². The normalized spacial score (nSPS) is 11.1. The van der Waals surface area contributed by atoms with E-state index in [0.29, 0.717) is 0 Å². The average Bonchev–Trinajstić information content (AvgIpc) is 1.67. The van der Waals surface area contributed by atoms with Gasteiger partial charge in [-0.15, -0.1) is 8.42 Å². The number of hydrogen-bond donors (Lipinski definition) is 0. The van der Waals surface area contributed by atoms with Gasteiger partial charge in [-0.2, -0.15) is 0 Å². The SMILES string of the molecule is COS(=O)(=O)[N+](=O)[O-]. The van der Waals surface area contributed by atoms with Crippen molar-refractivity contribution in [3.8, 4) is 0 Å². The zero-order valence-electron chi connectivity index (χ0n) is 3.90. The highest BCUT2D eigenvalue weighted by Crippen LogP contribution is 1.87. The maximum absolute atomic E-state index is 9.78. The summed E-state index contributed by atoms with van der Waals surface area (Å²) >= 11 is 0. The second-order valence-corrected chi connectivity index (χ2v) is 2.30. The third kappa shape index (κ3) is 1.43. The molecule has 0 fully saturated rings. The Hall–Kier alpha value is -0.690. The number of nitro groups is 1. The van der Waals surface area contributed by atoms with E-state index >= 15 is 0 Å². The molecule has 0 aromatic carbocycles. The van der Waals surface area contributed by atoms with Crippen molar-refractivity contribution in [2.45, 2.75) is 0 Å². The molecule has 0 N–H and O–H groups in total. The summed E-state index contributed by atoms with van der Waals surface area (Å²) in [6.07, 6.45) is 0. The van der Waals surface area contributed by atoms with Gasteiger partial charge in [0.2, 0.25) is 0 Å². The van der Waals surface area contributed by atoms with Gasteiger partial charge >= 0.3 is 10.3 Å². The number of nitrogens with zero attached hydrogens (tertiary/aromatic N) is 1. The maximum atomic E-state index is 9.78. The van der Waals surface area contributed by atoms with Crippen LogP contribution in [-0.4, -0.2) is 19.9 Å². The Morgan fingerprint density at radius 1 is 1.62 bits per heavy atom. The van der Waals surface area contributed by atoms with Crippen LogP contribution in [0.2, 0.25) is 0 Å². The zero-order chi connectivity index (χ0) is 6.78. The monoisotopic (exact) mass is 141 g/mol. The van der Waals surface area contributed by atoms with Crippen LogP contribution in [0.5, 0.6) is 0 Å². The van der Waals surface area contributed by atoms with E-state index in [9.17, 15) is 18.5 Å². The first-order valence-corrected chi connectivity index (χ1v) is 2.82. The summed E-state index contributed by atoms with van der Waals surface area (Å²) < 4.78 is 21.5. The molecule has 0 saturated heterocycles.